The van der Waals surface area contributed by atoms with Gasteiger partial charge in [-0.3, -0.25) is 14.2 Å². The first-order chi connectivity index (χ1) is 12.2. The molecule has 0 aromatic carbocycles. The SMILES string of the molecule is Cn1ncc(C#N)c1NC(=O)CCn1nc(C(F)(F)F)c(Cl)c1C1CC1. The van der Waals surface area contributed by atoms with E-state index in [1.807, 2.05) is 6.07 Å². The van der Waals surface area contributed by atoms with Crippen LogP contribution in [0.2, 0.25) is 5.02 Å². The highest BCUT2D eigenvalue weighted by molar-refractivity contribution is 6.32. The molecule has 1 N–H and O–H groups in total. The van der Waals surface area contributed by atoms with Gasteiger partial charge < -0.3 is 5.32 Å². The number of amides is 1. The van der Waals surface area contributed by atoms with Crippen molar-refractivity contribution in [3.05, 3.63) is 28.2 Å². The molecule has 0 aliphatic heterocycles. The Hall–Kier alpha value is -2.54. The first-order valence-corrected chi connectivity index (χ1v) is 8.15. The molecule has 0 unspecified atom stereocenters. The van der Waals surface area contributed by atoms with Crippen LogP contribution in [0.3, 0.4) is 0 Å². The number of aromatic nitrogens is 4. The molecule has 3 rings (SSSR count). The van der Waals surface area contributed by atoms with E-state index in [0.717, 1.165) is 17.5 Å². The van der Waals surface area contributed by atoms with E-state index in [9.17, 15) is 18.0 Å². The van der Waals surface area contributed by atoms with Crippen molar-refractivity contribution < 1.29 is 18.0 Å². The van der Waals surface area contributed by atoms with Crippen LogP contribution in [0.1, 0.15) is 42.1 Å². The van der Waals surface area contributed by atoms with E-state index >= 15 is 0 Å². The highest BCUT2D eigenvalue weighted by Crippen LogP contribution is 2.46. The number of alkyl halides is 3. The Kier molecular flexibility index (Phi) is 4.66. The number of nitrogens with zero attached hydrogens (tertiary/aromatic N) is 5. The van der Waals surface area contributed by atoms with Gasteiger partial charge in [-0.25, -0.2) is 0 Å². The molecule has 2 aromatic heterocycles. The Balaban J connectivity index is 1.74. The maximum atomic E-state index is 13.0. The second-order valence-electron chi connectivity index (χ2n) is 5.98. The van der Waals surface area contributed by atoms with Crippen molar-refractivity contribution in [2.75, 3.05) is 5.32 Å². The fourth-order valence-electron chi connectivity index (χ4n) is 2.62. The number of hydrogen-bond acceptors (Lipinski definition) is 4. The lowest BCUT2D eigenvalue weighted by Gasteiger charge is -2.08. The van der Waals surface area contributed by atoms with Gasteiger partial charge in [-0.15, -0.1) is 0 Å². The summed E-state index contributed by atoms with van der Waals surface area (Å²) in [6.45, 7) is -0.0484. The topological polar surface area (TPSA) is 88.5 Å². The van der Waals surface area contributed by atoms with E-state index in [1.165, 1.54) is 10.9 Å². The summed E-state index contributed by atoms with van der Waals surface area (Å²) in [5.41, 5.74) is -0.606. The number of carbonyl (C=O) groups is 1. The number of aryl methyl sites for hydroxylation is 2. The fraction of sp³-hybridized carbons (Fsp3) is 0.467. The van der Waals surface area contributed by atoms with Crippen molar-refractivity contribution in [1.82, 2.24) is 19.6 Å². The zero-order valence-electron chi connectivity index (χ0n) is 13.6. The Morgan fingerprint density at radius 3 is 2.77 bits per heavy atom. The molecule has 0 atom stereocenters. The van der Waals surface area contributed by atoms with Crippen molar-refractivity contribution in [2.45, 2.75) is 37.9 Å². The average Bonchev–Trinajstić information content (AvgIpc) is 3.25. The van der Waals surface area contributed by atoms with Crippen LogP contribution < -0.4 is 5.32 Å². The van der Waals surface area contributed by atoms with Crippen LogP contribution in [-0.4, -0.2) is 25.5 Å². The predicted molar refractivity (Wildman–Crippen MR) is 85.4 cm³/mol. The lowest BCUT2D eigenvalue weighted by atomic mass is 10.2. The average molecular weight is 387 g/mol. The minimum Gasteiger partial charge on any atom is -0.310 e. The van der Waals surface area contributed by atoms with Gasteiger partial charge in [0.25, 0.3) is 0 Å². The molecule has 1 amide bonds. The monoisotopic (exact) mass is 386 g/mol. The maximum Gasteiger partial charge on any atom is 0.436 e. The molecule has 11 heteroatoms. The summed E-state index contributed by atoms with van der Waals surface area (Å²) >= 11 is 5.89. The third kappa shape index (κ3) is 3.53. The molecule has 1 saturated carbocycles. The number of rotatable bonds is 5. The summed E-state index contributed by atoms with van der Waals surface area (Å²) in [7, 11) is 1.56. The molecule has 2 heterocycles. The van der Waals surface area contributed by atoms with Gasteiger partial charge in [-0.05, 0) is 12.8 Å². The third-order valence-corrected chi connectivity index (χ3v) is 4.40. The largest absolute Gasteiger partial charge is 0.436 e. The first-order valence-electron chi connectivity index (χ1n) is 7.77. The van der Waals surface area contributed by atoms with Gasteiger partial charge in [0.1, 0.15) is 17.5 Å². The quantitative estimate of drug-likeness (QED) is 0.855. The number of halogens is 4. The molecule has 0 bridgehead atoms. The normalized spacial score (nSPS) is 14.3. The van der Waals surface area contributed by atoms with Crippen molar-refractivity contribution in [3.8, 4) is 6.07 Å². The molecule has 7 nitrogen and oxygen atoms in total. The van der Waals surface area contributed by atoms with E-state index < -0.39 is 17.8 Å². The predicted octanol–water partition coefficient (Wildman–Crippen LogP) is 3.07. The van der Waals surface area contributed by atoms with Gasteiger partial charge in [0.05, 0.1) is 23.5 Å². The molecule has 2 aromatic rings. The van der Waals surface area contributed by atoms with Crippen LogP contribution in [-0.2, 0) is 24.6 Å². The third-order valence-electron chi connectivity index (χ3n) is 4.03. The molecule has 26 heavy (non-hydrogen) atoms. The zero-order valence-corrected chi connectivity index (χ0v) is 14.4. The molecular formula is C15H14ClF3N6O. The lowest BCUT2D eigenvalue weighted by Crippen LogP contribution is -2.18. The molecule has 0 saturated heterocycles. The summed E-state index contributed by atoms with van der Waals surface area (Å²) in [6.07, 6.45) is -1.97. The summed E-state index contributed by atoms with van der Waals surface area (Å²) in [6, 6.07) is 1.90. The van der Waals surface area contributed by atoms with Gasteiger partial charge in [-0.2, -0.15) is 28.6 Å². The van der Waals surface area contributed by atoms with E-state index in [0.29, 0.717) is 5.69 Å². The number of anilines is 1. The van der Waals surface area contributed by atoms with Crippen molar-refractivity contribution >= 4 is 23.3 Å². The summed E-state index contributed by atoms with van der Waals surface area (Å²) in [5, 5.41) is 18.6. The Labute approximate surface area is 151 Å². The van der Waals surface area contributed by atoms with Gasteiger partial charge in [-0.1, -0.05) is 11.6 Å². The van der Waals surface area contributed by atoms with Crippen LogP contribution in [0.25, 0.3) is 0 Å². The zero-order chi connectivity index (χ0) is 19.1. The second kappa shape index (κ2) is 6.64. The van der Waals surface area contributed by atoms with Gasteiger partial charge in [0, 0.05) is 19.4 Å². The van der Waals surface area contributed by atoms with E-state index in [-0.39, 0.29) is 35.3 Å². The minimum atomic E-state index is -4.65. The van der Waals surface area contributed by atoms with E-state index in [4.69, 9.17) is 16.9 Å². The molecule has 0 radical (unpaired) electrons. The second-order valence-corrected chi connectivity index (χ2v) is 6.36. The highest BCUT2D eigenvalue weighted by atomic mass is 35.5. The maximum absolute atomic E-state index is 13.0. The van der Waals surface area contributed by atoms with Gasteiger partial charge in [0.15, 0.2) is 5.69 Å². The van der Waals surface area contributed by atoms with Crippen LogP contribution in [0.5, 0.6) is 0 Å². The summed E-state index contributed by atoms with van der Waals surface area (Å²) < 4.78 is 41.6. The molecule has 1 fully saturated rings. The number of nitrogens with one attached hydrogen (secondary N) is 1. The Morgan fingerprint density at radius 1 is 1.50 bits per heavy atom. The highest BCUT2D eigenvalue weighted by Gasteiger charge is 2.42. The summed E-state index contributed by atoms with van der Waals surface area (Å²) in [4.78, 5) is 12.1. The number of nitriles is 1. The van der Waals surface area contributed by atoms with E-state index in [1.54, 1.807) is 7.05 Å². The van der Waals surface area contributed by atoms with Gasteiger partial charge >= 0.3 is 6.18 Å². The Bertz CT molecular complexity index is 891. The van der Waals surface area contributed by atoms with Crippen molar-refractivity contribution in [2.24, 2.45) is 7.05 Å². The smallest absolute Gasteiger partial charge is 0.310 e. The molecule has 1 aliphatic carbocycles. The lowest BCUT2D eigenvalue weighted by molar-refractivity contribution is -0.141. The Morgan fingerprint density at radius 2 is 2.19 bits per heavy atom. The van der Waals surface area contributed by atoms with Gasteiger partial charge in [0.2, 0.25) is 5.91 Å². The number of carbonyl (C=O) groups excluding carboxylic acids is 1. The molecule has 0 spiro atoms. The van der Waals surface area contributed by atoms with Crippen LogP contribution >= 0.6 is 11.6 Å². The molecular weight excluding hydrogens is 373 g/mol. The standard InChI is InChI=1S/C15H14ClF3N6O/c1-24-14(9(6-20)7-21-24)22-10(26)4-5-25-12(8-2-3-8)11(16)13(23-25)15(17,18)19/h7-8H,2-5H2,1H3,(H,22,26). The summed E-state index contributed by atoms with van der Waals surface area (Å²) in [5.74, 6) is -0.294. The fourth-order valence-corrected chi connectivity index (χ4v) is 3.02. The van der Waals surface area contributed by atoms with Crippen molar-refractivity contribution in [3.63, 3.8) is 0 Å². The van der Waals surface area contributed by atoms with Crippen LogP contribution in [0, 0.1) is 11.3 Å². The molecule has 138 valence electrons. The molecule has 1 aliphatic rings. The van der Waals surface area contributed by atoms with Crippen molar-refractivity contribution in [1.29, 1.82) is 5.26 Å². The number of hydrogen-bond donors (Lipinski definition) is 1. The first kappa shape index (κ1) is 18.3. The van der Waals surface area contributed by atoms with Crippen LogP contribution in [0.4, 0.5) is 19.0 Å². The minimum absolute atomic E-state index is 0.0484. The van der Waals surface area contributed by atoms with Crippen LogP contribution in [0.15, 0.2) is 6.20 Å². The van der Waals surface area contributed by atoms with E-state index in [2.05, 4.69) is 15.5 Å².